The molecule has 0 atom stereocenters. The molecule has 25 heavy (non-hydrogen) atoms. The quantitative estimate of drug-likeness (QED) is 0.832. The van der Waals surface area contributed by atoms with Crippen LogP contribution < -0.4 is 5.32 Å². The molecule has 0 aliphatic carbocycles. The van der Waals surface area contributed by atoms with Crippen LogP contribution in [0, 0.1) is 6.57 Å². The van der Waals surface area contributed by atoms with Crippen molar-refractivity contribution in [3.8, 4) is 5.69 Å². The smallest absolute Gasteiger partial charge is 0.407 e. The molecule has 0 fully saturated rings. The number of carboxylic acid groups (broad SMARTS) is 1. The summed E-state index contributed by atoms with van der Waals surface area (Å²) in [6, 6.07) is 8.06. The van der Waals surface area contributed by atoms with E-state index in [9.17, 15) is 14.7 Å². The van der Waals surface area contributed by atoms with Crippen LogP contribution in [-0.4, -0.2) is 32.6 Å². The Hall–Kier alpha value is -3.34. The molecule has 8 nitrogen and oxygen atoms in total. The van der Waals surface area contributed by atoms with Gasteiger partial charge < -0.3 is 20.0 Å². The van der Waals surface area contributed by atoms with Crippen LogP contribution in [0.5, 0.6) is 0 Å². The Bertz CT molecular complexity index is 843. The molecule has 8 heteroatoms. The third-order valence-corrected chi connectivity index (χ3v) is 3.02. The van der Waals surface area contributed by atoms with E-state index in [0.29, 0.717) is 5.69 Å². The molecule has 130 valence electrons. The fourth-order valence-electron chi connectivity index (χ4n) is 2.06. The Morgan fingerprint density at radius 2 is 2.08 bits per heavy atom. The number of ether oxygens (including phenoxy) is 1. The largest absolute Gasteiger partial charge is 0.476 e. The first-order chi connectivity index (χ1) is 11.7. The molecule has 1 amide bonds. The maximum Gasteiger partial charge on any atom is 0.407 e. The lowest BCUT2D eigenvalue weighted by Gasteiger charge is -2.19. The fraction of sp³-hybridized carbons (Fsp3) is 0.294. The van der Waals surface area contributed by atoms with Gasteiger partial charge in [0, 0.05) is 12.6 Å². The van der Waals surface area contributed by atoms with Crippen LogP contribution in [-0.2, 0) is 11.3 Å². The summed E-state index contributed by atoms with van der Waals surface area (Å²) in [5.41, 5.74) is 0.520. The number of carbonyl (C=O) groups is 2. The van der Waals surface area contributed by atoms with Crippen LogP contribution in [0.3, 0.4) is 0 Å². The number of carbonyl (C=O) groups excluding carboxylic acids is 1. The zero-order chi connectivity index (χ0) is 18.6. The van der Waals surface area contributed by atoms with Crippen molar-refractivity contribution in [2.45, 2.75) is 32.9 Å². The Morgan fingerprint density at radius 3 is 2.68 bits per heavy atom. The number of rotatable bonds is 4. The monoisotopic (exact) mass is 342 g/mol. The lowest BCUT2D eigenvalue weighted by atomic mass is 10.2. The molecule has 2 rings (SSSR count). The number of hydrogen-bond donors (Lipinski definition) is 2. The number of hydrogen-bond acceptors (Lipinski definition) is 4. The van der Waals surface area contributed by atoms with E-state index in [0.717, 1.165) is 5.56 Å². The normalized spacial score (nSPS) is 10.8. The lowest BCUT2D eigenvalue weighted by Crippen LogP contribution is -2.32. The number of alkyl carbamates (subject to hydrolysis) is 1. The minimum atomic E-state index is -1.18. The minimum absolute atomic E-state index is 0.00492. The van der Waals surface area contributed by atoms with Gasteiger partial charge in [-0.2, -0.15) is 4.68 Å². The molecule has 0 saturated heterocycles. The van der Waals surface area contributed by atoms with E-state index in [-0.39, 0.29) is 18.1 Å². The predicted molar refractivity (Wildman–Crippen MR) is 89.9 cm³/mol. The number of aromatic nitrogens is 2. The number of carboxylic acids is 1. The van der Waals surface area contributed by atoms with Crippen molar-refractivity contribution in [3.63, 3.8) is 0 Å². The Kier molecular flexibility index (Phi) is 5.08. The van der Waals surface area contributed by atoms with E-state index in [1.54, 1.807) is 45.0 Å². The lowest BCUT2D eigenvalue weighted by molar-refractivity contribution is 0.0523. The van der Waals surface area contributed by atoms with Gasteiger partial charge in [0.25, 0.3) is 5.82 Å². The summed E-state index contributed by atoms with van der Waals surface area (Å²) in [5.74, 6) is -1.19. The first-order valence-corrected chi connectivity index (χ1v) is 7.46. The van der Waals surface area contributed by atoms with Crippen LogP contribution in [0.2, 0.25) is 0 Å². The topological polar surface area (TPSA) is 97.8 Å². The molecule has 2 N–H and O–H groups in total. The van der Waals surface area contributed by atoms with Crippen LogP contribution in [0.1, 0.15) is 36.8 Å². The SMILES string of the molecule is [C-]#[N+]c1cc(C(=O)O)n(-c2cccc(CNC(=O)OC(C)(C)C)c2)n1. The summed E-state index contributed by atoms with van der Waals surface area (Å²) < 4.78 is 6.35. The Morgan fingerprint density at radius 1 is 1.36 bits per heavy atom. The molecule has 0 aliphatic rings. The highest BCUT2D eigenvalue weighted by molar-refractivity contribution is 5.87. The van der Waals surface area contributed by atoms with Crippen LogP contribution >= 0.6 is 0 Å². The number of aromatic carboxylic acids is 1. The second-order valence-corrected chi connectivity index (χ2v) is 6.24. The Balaban J connectivity index is 2.20. The van der Waals surface area contributed by atoms with Crippen molar-refractivity contribution in [2.75, 3.05) is 0 Å². The molecule has 1 aromatic heterocycles. The van der Waals surface area contributed by atoms with E-state index in [1.807, 2.05) is 0 Å². The van der Waals surface area contributed by atoms with Gasteiger partial charge in [-0.3, -0.25) is 0 Å². The Labute approximate surface area is 144 Å². The number of benzene rings is 1. The van der Waals surface area contributed by atoms with Gasteiger partial charge in [-0.15, -0.1) is 0 Å². The molecule has 2 aromatic rings. The first-order valence-electron chi connectivity index (χ1n) is 7.46. The maximum absolute atomic E-state index is 11.7. The van der Waals surface area contributed by atoms with Gasteiger partial charge in [0.1, 0.15) is 5.60 Å². The predicted octanol–water partition coefficient (Wildman–Crippen LogP) is 3.15. The summed E-state index contributed by atoms with van der Waals surface area (Å²) in [5, 5.41) is 15.9. The zero-order valence-electron chi connectivity index (χ0n) is 14.1. The number of amides is 1. The zero-order valence-corrected chi connectivity index (χ0v) is 14.1. The van der Waals surface area contributed by atoms with E-state index in [4.69, 9.17) is 11.3 Å². The third-order valence-electron chi connectivity index (χ3n) is 3.02. The van der Waals surface area contributed by atoms with Crippen molar-refractivity contribution in [1.29, 1.82) is 0 Å². The molecule has 0 spiro atoms. The van der Waals surface area contributed by atoms with Gasteiger partial charge in [-0.25, -0.2) is 9.59 Å². The van der Waals surface area contributed by atoms with Gasteiger partial charge in [0.05, 0.1) is 5.69 Å². The van der Waals surface area contributed by atoms with Crippen molar-refractivity contribution in [2.24, 2.45) is 0 Å². The first kappa shape index (κ1) is 18.0. The number of nitrogens with one attached hydrogen (secondary N) is 1. The molecular weight excluding hydrogens is 324 g/mol. The highest BCUT2D eigenvalue weighted by atomic mass is 16.6. The summed E-state index contributed by atoms with van der Waals surface area (Å²) >= 11 is 0. The fourth-order valence-corrected chi connectivity index (χ4v) is 2.06. The highest BCUT2D eigenvalue weighted by Gasteiger charge is 2.19. The summed E-state index contributed by atoms with van der Waals surface area (Å²) in [4.78, 5) is 26.2. The average molecular weight is 342 g/mol. The van der Waals surface area contributed by atoms with Crippen LogP contribution in [0.15, 0.2) is 30.3 Å². The summed E-state index contributed by atoms with van der Waals surface area (Å²) in [6.45, 7) is 12.5. The van der Waals surface area contributed by atoms with Gasteiger partial charge >= 0.3 is 12.1 Å². The van der Waals surface area contributed by atoms with Gasteiger partial charge in [-0.1, -0.05) is 18.7 Å². The highest BCUT2D eigenvalue weighted by Crippen LogP contribution is 2.19. The van der Waals surface area contributed by atoms with Crippen molar-refractivity contribution in [1.82, 2.24) is 15.1 Å². The van der Waals surface area contributed by atoms with Gasteiger partial charge in [0.15, 0.2) is 5.69 Å². The number of nitrogens with zero attached hydrogens (tertiary/aromatic N) is 3. The molecule has 1 heterocycles. The summed E-state index contributed by atoms with van der Waals surface area (Å²) in [7, 11) is 0. The molecule has 0 bridgehead atoms. The van der Waals surface area contributed by atoms with E-state index >= 15 is 0 Å². The molecule has 0 aliphatic heterocycles. The molecular formula is C17H18N4O4. The molecule has 0 saturated carbocycles. The van der Waals surface area contributed by atoms with Crippen molar-refractivity contribution >= 4 is 17.9 Å². The minimum Gasteiger partial charge on any atom is -0.476 e. The van der Waals surface area contributed by atoms with E-state index in [1.165, 1.54) is 10.7 Å². The van der Waals surface area contributed by atoms with Gasteiger partial charge in [-0.05, 0) is 43.6 Å². The molecule has 1 aromatic carbocycles. The molecule has 0 unspecified atom stereocenters. The summed E-state index contributed by atoms with van der Waals surface area (Å²) in [6.07, 6.45) is -0.543. The third kappa shape index (κ3) is 4.81. The second kappa shape index (κ2) is 7.05. The van der Waals surface area contributed by atoms with E-state index < -0.39 is 17.7 Å². The standard InChI is InChI=1S/C17H18N4O4/c1-17(2,3)25-16(24)19-10-11-6-5-7-12(8-11)21-13(15(22)23)9-14(18-4)20-21/h5-9H,10H2,1-3H3,(H,19,24)(H,22,23). The van der Waals surface area contributed by atoms with Crippen molar-refractivity contribution < 1.29 is 19.4 Å². The van der Waals surface area contributed by atoms with Gasteiger partial charge in [0.2, 0.25) is 0 Å². The van der Waals surface area contributed by atoms with Crippen LogP contribution in [0.4, 0.5) is 10.6 Å². The second-order valence-electron chi connectivity index (χ2n) is 6.24. The molecule has 0 radical (unpaired) electrons. The van der Waals surface area contributed by atoms with E-state index in [2.05, 4.69) is 15.3 Å². The average Bonchev–Trinajstić information content (AvgIpc) is 2.96. The van der Waals surface area contributed by atoms with Crippen LogP contribution in [0.25, 0.3) is 10.5 Å². The maximum atomic E-state index is 11.7. The van der Waals surface area contributed by atoms with Crippen molar-refractivity contribution in [3.05, 3.63) is 53.0 Å².